The molecule has 2 heterocycles. The van der Waals surface area contributed by atoms with E-state index in [9.17, 15) is 22.0 Å². The molecule has 0 unspecified atom stereocenters. The molecule has 4 N–H and O–H groups in total. The van der Waals surface area contributed by atoms with Crippen LogP contribution >= 0.6 is 0 Å². The zero-order chi connectivity index (χ0) is 21.2. The Morgan fingerprint density at radius 1 is 1.24 bits per heavy atom. The highest BCUT2D eigenvalue weighted by Crippen LogP contribution is 2.29. The number of methoxy groups -OCH3 is 1. The Balaban J connectivity index is 1.87. The van der Waals surface area contributed by atoms with Gasteiger partial charge in [0.1, 0.15) is 23.2 Å². The van der Waals surface area contributed by atoms with Crippen LogP contribution in [0, 0.1) is 11.6 Å². The maximum absolute atomic E-state index is 14.6. The summed E-state index contributed by atoms with van der Waals surface area (Å²) in [6.45, 7) is 1.35. The van der Waals surface area contributed by atoms with E-state index in [2.05, 4.69) is 25.5 Å². The van der Waals surface area contributed by atoms with Gasteiger partial charge in [-0.2, -0.15) is 0 Å². The second kappa shape index (κ2) is 7.83. The Hall–Kier alpha value is -3.55. The highest BCUT2D eigenvalue weighted by atomic mass is 32.2. The number of nitrogens with one attached hydrogen (secondary N) is 4. The number of H-pyrrole nitrogens is 1. The number of sulfonamides is 1. The van der Waals surface area contributed by atoms with Crippen molar-refractivity contribution in [3.05, 3.63) is 30.1 Å². The number of anilines is 3. The van der Waals surface area contributed by atoms with Gasteiger partial charge in [-0.15, -0.1) is 5.10 Å². The Bertz CT molecular complexity index is 1180. The highest BCUT2D eigenvalue weighted by molar-refractivity contribution is 7.92. The van der Waals surface area contributed by atoms with Crippen LogP contribution in [-0.4, -0.2) is 47.5 Å². The SMILES string of the molecule is CCS(=O)(=O)Nc1ccc(F)c(NC(=O)Nc2ncnc3[nH]nc(OC)c23)c1F. The van der Waals surface area contributed by atoms with Gasteiger partial charge in [-0.1, -0.05) is 0 Å². The average Bonchev–Trinajstić information content (AvgIpc) is 3.12. The van der Waals surface area contributed by atoms with Crippen molar-refractivity contribution in [2.45, 2.75) is 6.92 Å². The van der Waals surface area contributed by atoms with Crippen LogP contribution in [0.25, 0.3) is 11.0 Å². The smallest absolute Gasteiger partial charge is 0.325 e. The van der Waals surface area contributed by atoms with Crippen molar-refractivity contribution < 1.29 is 26.7 Å². The number of rotatable bonds is 6. The lowest BCUT2D eigenvalue weighted by atomic mass is 10.2. The molecule has 0 aliphatic rings. The summed E-state index contributed by atoms with van der Waals surface area (Å²) in [6, 6.07) is 0.681. The van der Waals surface area contributed by atoms with E-state index in [4.69, 9.17) is 4.74 Å². The van der Waals surface area contributed by atoms with Crippen molar-refractivity contribution in [2.75, 3.05) is 28.2 Å². The summed E-state index contributed by atoms with van der Waals surface area (Å²) in [6.07, 6.45) is 1.14. The molecule has 29 heavy (non-hydrogen) atoms. The molecule has 2 amide bonds. The molecule has 0 spiro atoms. The van der Waals surface area contributed by atoms with Crippen LogP contribution < -0.4 is 20.1 Å². The van der Waals surface area contributed by atoms with Crippen molar-refractivity contribution in [3.8, 4) is 5.88 Å². The van der Waals surface area contributed by atoms with E-state index in [0.717, 1.165) is 18.5 Å². The number of benzene rings is 1. The van der Waals surface area contributed by atoms with E-state index in [-0.39, 0.29) is 28.5 Å². The molecule has 0 aliphatic carbocycles. The second-order valence-electron chi connectivity index (χ2n) is 5.55. The molecule has 0 radical (unpaired) electrons. The summed E-state index contributed by atoms with van der Waals surface area (Å²) in [5.41, 5.74) is -1.09. The molecule has 0 atom stereocenters. The number of nitrogens with zero attached hydrogens (tertiary/aromatic N) is 3. The first-order valence-corrected chi connectivity index (χ1v) is 9.70. The molecule has 3 rings (SSSR count). The third kappa shape index (κ3) is 4.16. The Morgan fingerprint density at radius 3 is 2.69 bits per heavy atom. The third-order valence-electron chi connectivity index (χ3n) is 3.72. The summed E-state index contributed by atoms with van der Waals surface area (Å²) in [4.78, 5) is 20.1. The standard InChI is InChI=1S/C15H15F2N7O4S/c1-3-29(26,27)24-8-5-4-7(16)11(10(8)17)20-15(25)21-12-9-13(19-6-18-12)22-23-14(9)28-2/h4-6,24H,3H2,1-2H3,(H3,18,19,20,21,22,23,25). The summed E-state index contributed by atoms with van der Waals surface area (Å²) in [5.74, 6) is -2.63. The molecule has 11 nitrogen and oxygen atoms in total. The monoisotopic (exact) mass is 427 g/mol. The van der Waals surface area contributed by atoms with Crippen LogP contribution in [0.4, 0.5) is 30.8 Å². The van der Waals surface area contributed by atoms with Crippen molar-refractivity contribution in [1.29, 1.82) is 0 Å². The van der Waals surface area contributed by atoms with Crippen LogP contribution in [0.1, 0.15) is 6.92 Å². The van der Waals surface area contributed by atoms with Crippen LogP contribution in [0.3, 0.4) is 0 Å². The summed E-state index contributed by atoms with van der Waals surface area (Å²) < 4.78 is 58.9. The number of carbonyl (C=O) groups excluding carboxylic acids is 1. The Labute approximate surface area is 162 Å². The average molecular weight is 427 g/mol. The highest BCUT2D eigenvalue weighted by Gasteiger charge is 2.20. The summed E-state index contributed by atoms with van der Waals surface area (Å²) in [7, 11) is -2.46. The van der Waals surface area contributed by atoms with Crippen molar-refractivity contribution >= 4 is 44.3 Å². The van der Waals surface area contributed by atoms with Crippen molar-refractivity contribution in [3.63, 3.8) is 0 Å². The fraction of sp³-hybridized carbons (Fsp3) is 0.200. The predicted octanol–water partition coefficient (Wildman–Crippen LogP) is 2.05. The lowest BCUT2D eigenvalue weighted by molar-refractivity contribution is 0.262. The van der Waals surface area contributed by atoms with E-state index < -0.39 is 39.1 Å². The summed E-state index contributed by atoms with van der Waals surface area (Å²) >= 11 is 0. The van der Waals surface area contributed by atoms with Gasteiger partial charge in [-0.3, -0.25) is 15.1 Å². The molecule has 3 aromatic rings. The molecule has 0 fully saturated rings. The number of carbonyl (C=O) groups is 1. The molecule has 0 saturated heterocycles. The first kappa shape index (κ1) is 20.2. The molecule has 1 aromatic carbocycles. The molecule has 154 valence electrons. The maximum atomic E-state index is 14.6. The third-order valence-corrected chi connectivity index (χ3v) is 5.02. The lowest BCUT2D eigenvalue weighted by Gasteiger charge is -2.13. The van der Waals surface area contributed by atoms with Gasteiger partial charge >= 0.3 is 6.03 Å². The predicted molar refractivity (Wildman–Crippen MR) is 100 cm³/mol. The number of hydrogen-bond donors (Lipinski definition) is 4. The van der Waals surface area contributed by atoms with E-state index in [1.807, 2.05) is 10.0 Å². The topological polar surface area (TPSA) is 151 Å². The minimum Gasteiger partial charge on any atom is -0.479 e. The maximum Gasteiger partial charge on any atom is 0.325 e. The molecule has 0 aliphatic heterocycles. The normalized spacial score (nSPS) is 11.3. The van der Waals surface area contributed by atoms with Crippen molar-refractivity contribution in [2.24, 2.45) is 0 Å². The number of ether oxygens (including phenoxy) is 1. The Morgan fingerprint density at radius 2 is 2.00 bits per heavy atom. The van der Waals surface area contributed by atoms with Gasteiger partial charge in [0.2, 0.25) is 15.9 Å². The molecular formula is C15H15F2N7O4S. The lowest BCUT2D eigenvalue weighted by Crippen LogP contribution is -2.23. The van der Waals surface area contributed by atoms with E-state index in [1.165, 1.54) is 14.0 Å². The zero-order valence-corrected chi connectivity index (χ0v) is 15.9. The van der Waals surface area contributed by atoms with Crippen LogP contribution in [0.2, 0.25) is 0 Å². The quantitative estimate of drug-likeness (QED) is 0.470. The molecule has 14 heteroatoms. The fourth-order valence-electron chi connectivity index (χ4n) is 2.31. The van der Waals surface area contributed by atoms with Gasteiger partial charge in [0.05, 0.1) is 18.6 Å². The molecule has 0 saturated carbocycles. The number of amides is 2. The van der Waals surface area contributed by atoms with Gasteiger partial charge in [0, 0.05) is 0 Å². The van der Waals surface area contributed by atoms with Gasteiger partial charge in [0.25, 0.3) is 0 Å². The van der Waals surface area contributed by atoms with E-state index in [1.54, 1.807) is 0 Å². The van der Waals surface area contributed by atoms with Crippen LogP contribution in [0.5, 0.6) is 5.88 Å². The van der Waals surface area contributed by atoms with Crippen LogP contribution in [-0.2, 0) is 10.0 Å². The van der Waals surface area contributed by atoms with Gasteiger partial charge in [-0.05, 0) is 19.1 Å². The van der Waals surface area contributed by atoms with Gasteiger partial charge in [-0.25, -0.2) is 32.0 Å². The van der Waals surface area contributed by atoms with Crippen LogP contribution in [0.15, 0.2) is 18.5 Å². The largest absolute Gasteiger partial charge is 0.479 e. The number of fused-ring (bicyclic) bond motifs is 1. The first-order valence-electron chi connectivity index (χ1n) is 8.05. The van der Waals surface area contributed by atoms with E-state index in [0.29, 0.717) is 0 Å². The number of halogens is 2. The molecule has 0 bridgehead atoms. The molecule has 2 aromatic heterocycles. The van der Waals surface area contributed by atoms with Gasteiger partial charge in [0.15, 0.2) is 17.3 Å². The zero-order valence-electron chi connectivity index (χ0n) is 15.1. The van der Waals surface area contributed by atoms with E-state index >= 15 is 0 Å². The number of aromatic amines is 1. The molecular weight excluding hydrogens is 412 g/mol. The second-order valence-corrected chi connectivity index (χ2v) is 7.56. The van der Waals surface area contributed by atoms with Gasteiger partial charge < -0.3 is 10.1 Å². The summed E-state index contributed by atoms with van der Waals surface area (Å²) in [5, 5.41) is 11.0. The number of urea groups is 1. The number of aromatic nitrogens is 4. The number of hydrogen-bond acceptors (Lipinski definition) is 7. The fourth-order valence-corrected chi connectivity index (χ4v) is 2.95. The minimum absolute atomic E-state index is 0.0262. The van der Waals surface area contributed by atoms with Crippen molar-refractivity contribution in [1.82, 2.24) is 20.2 Å². The first-order chi connectivity index (χ1) is 13.8. The minimum atomic E-state index is -3.81. The Kier molecular flexibility index (Phi) is 5.45.